The third kappa shape index (κ3) is 25.1. The summed E-state index contributed by atoms with van der Waals surface area (Å²) in [5.74, 6) is 2.14. The minimum atomic E-state index is -1.19. The molecule has 2 aliphatic heterocycles. The lowest BCUT2D eigenvalue weighted by Crippen LogP contribution is -2.49. The summed E-state index contributed by atoms with van der Waals surface area (Å²) >= 11 is 6.72. The van der Waals surface area contributed by atoms with Gasteiger partial charge in [-0.3, -0.25) is 57.3 Å². The SMILES string of the molecule is CCCC1CCN(C(=O)c2nn(-c3ccc(OC)cc3)c(=O)c3c(N)scc23)CC1.COc1ccc(-n2nc(C(=O)N3CCN(c4ccc(C)nc4)CC3)c3csc(N)c3c2=O)cc1.Cc1scc2c(C(=O)NC(C)C)nn(-c3ccc(OCC(O)CF)cc3)c(=O)c12.Cc1scc2c(C(=O)NC(C)C)nn(-c3ccc(OCCCF)cc3)c(=O)c12.Cc1scc2c(C(=O)NC(C)C)nn(-c3ccc(OCCF)cc3)c(=O)c12. The molecule has 0 saturated carbocycles. The van der Waals surface area contributed by atoms with Crippen LogP contribution in [0.3, 0.4) is 0 Å². The number of aliphatic hydroxyl groups excluding tert-OH is 1. The average Bonchev–Trinajstić information content (AvgIpc) is 1.62. The highest BCUT2D eigenvalue weighted by atomic mass is 32.1. The van der Waals surface area contributed by atoms with Crippen LogP contribution in [-0.4, -0.2) is 216 Å². The first-order valence-electron chi connectivity index (χ1n) is 47.8. The Labute approximate surface area is 868 Å². The second kappa shape index (κ2) is 49.4. The van der Waals surface area contributed by atoms with E-state index in [9.17, 15) is 66.2 Å². The number of methoxy groups -OCH3 is 2. The summed E-state index contributed by atoms with van der Waals surface area (Å²) in [4.78, 5) is 143. The zero-order chi connectivity index (χ0) is 106. The zero-order valence-electron chi connectivity index (χ0n) is 83.7. The normalized spacial score (nSPS) is 12.8. The van der Waals surface area contributed by atoms with Crippen molar-refractivity contribution >= 4 is 156 Å². The number of hydrogen-bond acceptors (Lipinski definition) is 30. The van der Waals surface area contributed by atoms with Gasteiger partial charge in [0, 0.05) is 138 Å². The summed E-state index contributed by atoms with van der Waals surface area (Å²) < 4.78 is 69.2. The van der Waals surface area contributed by atoms with E-state index in [1.54, 1.807) is 167 Å². The van der Waals surface area contributed by atoms with Gasteiger partial charge in [0.25, 0.3) is 57.3 Å². The minimum Gasteiger partial charge on any atom is -0.497 e. The quantitative estimate of drug-likeness (QED) is 0.0237. The van der Waals surface area contributed by atoms with Crippen molar-refractivity contribution in [2.45, 2.75) is 132 Å². The average molecular weight is 2120 g/mol. The number of piperazine rings is 1. The number of nitrogens with one attached hydrogen (secondary N) is 3. The van der Waals surface area contributed by atoms with Gasteiger partial charge in [0.05, 0.1) is 105 Å². The van der Waals surface area contributed by atoms with Gasteiger partial charge in [-0.25, -0.2) is 8.78 Å². The van der Waals surface area contributed by atoms with E-state index in [1.807, 2.05) is 92.5 Å². The monoisotopic (exact) mass is 2110 g/mol. The van der Waals surface area contributed by atoms with Crippen molar-refractivity contribution < 1.29 is 65.9 Å². The molecule has 0 bridgehead atoms. The van der Waals surface area contributed by atoms with Gasteiger partial charge >= 0.3 is 0 Å². The number of fused-ring (bicyclic) bond motifs is 5. The number of nitrogen functional groups attached to an aromatic ring is 2. The van der Waals surface area contributed by atoms with E-state index in [4.69, 9.17) is 35.2 Å². The van der Waals surface area contributed by atoms with Crippen LogP contribution in [0.25, 0.3) is 82.3 Å². The fourth-order valence-electron chi connectivity index (χ4n) is 16.5. The van der Waals surface area contributed by atoms with E-state index in [-0.39, 0.29) is 124 Å². The van der Waals surface area contributed by atoms with Gasteiger partial charge in [0.1, 0.15) is 61.4 Å². The highest BCUT2D eigenvalue weighted by Gasteiger charge is 2.33. The van der Waals surface area contributed by atoms with E-state index in [0.29, 0.717) is 173 Å². The molecule has 148 heavy (non-hydrogen) atoms. The van der Waals surface area contributed by atoms with Crippen LogP contribution in [0, 0.1) is 33.6 Å². The Morgan fingerprint density at radius 2 is 0.730 bits per heavy atom. The number of hydrogen-bond donors (Lipinski definition) is 6. The van der Waals surface area contributed by atoms with Crippen LogP contribution in [0.2, 0.25) is 0 Å². The molecule has 1 unspecified atom stereocenters. The van der Waals surface area contributed by atoms with Crippen LogP contribution >= 0.6 is 56.7 Å². The highest BCUT2D eigenvalue weighted by Crippen LogP contribution is 2.35. The molecule has 0 spiro atoms. The van der Waals surface area contributed by atoms with Crippen LogP contribution in [0.4, 0.5) is 28.9 Å². The number of alkyl halides is 3. The molecular formula is C105H114F3N19O16S5. The number of ether oxygens (including phenoxy) is 5. The van der Waals surface area contributed by atoms with Crippen molar-refractivity contribution in [3.8, 4) is 57.2 Å². The molecule has 18 rings (SSSR count). The zero-order valence-corrected chi connectivity index (χ0v) is 87.8. The number of carbonyl (C=O) groups excluding carboxylic acids is 5. The van der Waals surface area contributed by atoms with Crippen molar-refractivity contribution in [3.63, 3.8) is 0 Å². The molecule has 5 amide bonds. The largest absolute Gasteiger partial charge is 0.497 e. The smallest absolute Gasteiger partial charge is 0.282 e. The lowest BCUT2D eigenvalue weighted by Gasteiger charge is -2.35. The molecule has 43 heteroatoms. The van der Waals surface area contributed by atoms with E-state index in [1.165, 1.54) is 92.9 Å². The predicted molar refractivity (Wildman–Crippen MR) is 576 cm³/mol. The molecule has 16 aromatic rings. The van der Waals surface area contributed by atoms with Crippen molar-refractivity contribution in [1.29, 1.82) is 0 Å². The van der Waals surface area contributed by atoms with E-state index in [0.717, 1.165) is 38.9 Å². The van der Waals surface area contributed by atoms with Gasteiger partial charge in [-0.2, -0.15) is 48.9 Å². The number of halogens is 3. The molecule has 1 atom stereocenters. The first-order valence-corrected chi connectivity index (χ1v) is 52.2. The Morgan fingerprint density at radius 1 is 0.412 bits per heavy atom. The molecule has 5 aromatic carbocycles. The van der Waals surface area contributed by atoms with Gasteiger partial charge in [0.2, 0.25) is 0 Å². The van der Waals surface area contributed by atoms with Crippen LogP contribution in [0.1, 0.15) is 153 Å². The topological polar surface area (TPSA) is 437 Å². The van der Waals surface area contributed by atoms with Gasteiger partial charge in [-0.15, -0.1) is 56.7 Å². The molecule has 8 N–H and O–H groups in total. The fourth-order valence-corrected chi connectivity index (χ4v) is 20.6. The van der Waals surface area contributed by atoms with E-state index < -0.39 is 26.1 Å². The Kier molecular flexibility index (Phi) is 36.3. The fraction of sp³-hybridized carbons (Fsp3) is 0.333. The number of thiophene rings is 5. The van der Waals surface area contributed by atoms with Crippen molar-refractivity contribution in [2.24, 2.45) is 5.92 Å². The van der Waals surface area contributed by atoms with Crippen molar-refractivity contribution in [2.75, 3.05) is 110 Å². The molecule has 2 saturated heterocycles. The summed E-state index contributed by atoms with van der Waals surface area (Å²) in [5.41, 5.74) is 16.4. The van der Waals surface area contributed by atoms with E-state index in [2.05, 4.69) is 58.3 Å². The Bertz CT molecular complexity index is 7770. The number of amides is 5. The van der Waals surface area contributed by atoms with Crippen molar-refractivity contribution in [1.82, 2.24) is 79.6 Å². The maximum Gasteiger partial charge on any atom is 0.282 e. The number of carbonyl (C=O) groups is 5. The summed E-state index contributed by atoms with van der Waals surface area (Å²) in [5, 5.41) is 54.1. The van der Waals surface area contributed by atoms with E-state index >= 15 is 0 Å². The lowest BCUT2D eigenvalue weighted by atomic mass is 9.92. The predicted octanol–water partition coefficient (Wildman–Crippen LogP) is 15.9. The summed E-state index contributed by atoms with van der Waals surface area (Å²) in [7, 11) is 3.15. The molecular weight excluding hydrogens is 2000 g/mol. The minimum absolute atomic E-state index is 0.0306. The maximum atomic E-state index is 13.6. The molecule has 776 valence electrons. The molecule has 11 aromatic heterocycles. The van der Waals surface area contributed by atoms with Gasteiger partial charge < -0.3 is 70.9 Å². The van der Waals surface area contributed by atoms with Crippen LogP contribution in [0.5, 0.6) is 28.7 Å². The highest BCUT2D eigenvalue weighted by molar-refractivity contribution is 7.16. The number of aryl methyl sites for hydroxylation is 4. The van der Waals surface area contributed by atoms with Crippen LogP contribution in [0.15, 0.2) is 191 Å². The van der Waals surface area contributed by atoms with Gasteiger partial charge in [-0.05, 0) is 221 Å². The number of likely N-dealkylation sites (tertiary alicyclic amines) is 1. The number of benzene rings is 5. The summed E-state index contributed by atoms with van der Waals surface area (Å²) in [6.45, 7) is 22.9. The number of aromatic nitrogens is 11. The third-order valence-electron chi connectivity index (χ3n) is 24.0. The number of nitrogens with zero attached hydrogens (tertiary/aromatic N) is 14. The second-order valence-electron chi connectivity index (χ2n) is 35.6. The number of pyridine rings is 1. The molecule has 35 nitrogen and oxygen atoms in total. The van der Waals surface area contributed by atoms with Crippen LogP contribution < -0.4 is 83.8 Å². The number of aliphatic hydroxyl groups is 1. The number of piperidine rings is 1. The Morgan fingerprint density at radius 3 is 1.05 bits per heavy atom. The molecule has 2 fully saturated rings. The van der Waals surface area contributed by atoms with Gasteiger partial charge in [0.15, 0.2) is 28.5 Å². The molecule has 13 heterocycles. The summed E-state index contributed by atoms with van der Waals surface area (Å²) in [6, 6.07) is 37.5. The maximum absolute atomic E-state index is 13.6. The third-order valence-corrected chi connectivity index (χ3v) is 28.4. The van der Waals surface area contributed by atoms with Gasteiger partial charge in [-0.1, -0.05) is 19.8 Å². The first kappa shape index (κ1) is 109. The number of rotatable bonds is 29. The molecule has 0 radical (unpaired) electrons. The number of nitrogens with two attached hydrogens (primary N) is 2. The Hall–Kier alpha value is -15.1. The second-order valence-corrected chi connectivity index (χ2v) is 40.7. The molecule has 2 aliphatic rings. The Balaban J connectivity index is 0.000000146. The first-order chi connectivity index (χ1) is 71.1. The lowest BCUT2D eigenvalue weighted by molar-refractivity contribution is 0.0679. The van der Waals surface area contributed by atoms with Crippen molar-refractivity contribution in [3.05, 3.63) is 267 Å². The summed E-state index contributed by atoms with van der Waals surface area (Å²) in [6.07, 6.45) is 5.38. The number of anilines is 3. The standard InChI is InChI=1S/C24H24N6O3S.C22H26N4O3S.C20H22FN3O4S.C20H22FN3O3S.C19H20FN3O3S/c1-15-3-4-17(13-26-15)28-9-11-29(12-10-28)24(32)21-19-14-34-22(25)20(19)23(31)30(27-21)16-5-7-18(33-2)8-6-16;1-3-4-14-9-11-25(12-10-14)22(28)19-17-13-30-20(23)18(17)21(27)26(24-19)15-5-7-16(29-2)8-6-15;1-11(2)22-19(26)18-16-10-29-12(3)17(16)20(27)24(23-18)13-4-6-15(7-5-13)28-9-14(25)8-21;1-12(2)22-19(25)18-16-11-28-13(3)17(16)20(26)24(23-18)14-5-7-15(8-6-14)27-10-4-9-21;1-11(2)21-18(24)17-15-10-27-12(3)16(15)19(25)23(22-17)13-4-6-14(7-5-13)26-9-8-20/h3-8,13-14H,9-12,25H2,1-2H3;5-8,13-14H,3-4,9-12,23H2,1-2H3;4-7,10-11,14,25H,8-9H2,1-3H3,(H,22,26);5-8,11-12H,4,9-10H2,1-3H3,(H,22,25);4-7,10-11H,8-9H2,1-3H3,(H,21,24). The molecule has 0 aliphatic carbocycles. The van der Waals surface area contributed by atoms with Crippen LogP contribution in [-0.2, 0) is 0 Å².